The summed E-state index contributed by atoms with van der Waals surface area (Å²) in [5.74, 6) is -0.346. The van der Waals surface area contributed by atoms with Crippen LogP contribution >= 0.6 is 0 Å². The van der Waals surface area contributed by atoms with Crippen LogP contribution in [0, 0.1) is 12.7 Å². The number of halogens is 1. The van der Waals surface area contributed by atoms with E-state index in [1.165, 1.54) is 19.2 Å². The molecule has 1 aromatic carbocycles. The molecule has 0 saturated heterocycles. The number of aryl methyl sites for hydroxylation is 2. The lowest BCUT2D eigenvalue weighted by molar-refractivity contribution is 0.217. The van der Waals surface area contributed by atoms with Crippen molar-refractivity contribution in [2.75, 3.05) is 7.11 Å². The Labute approximate surface area is 117 Å². The molecule has 106 valence electrons. The molecule has 0 spiro atoms. The van der Waals surface area contributed by atoms with E-state index in [2.05, 4.69) is 10.2 Å². The number of rotatable bonds is 4. The van der Waals surface area contributed by atoms with Crippen LogP contribution in [0.3, 0.4) is 0 Å². The smallest absolute Gasteiger partial charge is 0.165 e. The summed E-state index contributed by atoms with van der Waals surface area (Å²) in [5.41, 5.74) is 2.54. The van der Waals surface area contributed by atoms with Gasteiger partial charge in [0.25, 0.3) is 0 Å². The summed E-state index contributed by atoms with van der Waals surface area (Å²) in [6.45, 7) is 3.74. The van der Waals surface area contributed by atoms with Gasteiger partial charge in [-0.05, 0) is 37.1 Å². The molecule has 0 saturated carbocycles. The Hall–Kier alpha value is -2.01. The second-order valence-corrected chi connectivity index (χ2v) is 4.54. The Bertz CT molecular complexity index is 617. The molecule has 1 heterocycles. The number of nitrogens with zero attached hydrogens (tertiary/aromatic N) is 2. The van der Waals surface area contributed by atoms with Gasteiger partial charge in [-0.15, -0.1) is 0 Å². The molecule has 2 rings (SSSR count). The minimum Gasteiger partial charge on any atom is -0.494 e. The summed E-state index contributed by atoms with van der Waals surface area (Å²) >= 11 is 0. The zero-order valence-corrected chi connectivity index (χ0v) is 11.7. The van der Waals surface area contributed by atoms with Gasteiger partial charge in [-0.25, -0.2) is 4.39 Å². The van der Waals surface area contributed by atoms with Crippen LogP contribution < -0.4 is 4.74 Å². The maximum absolute atomic E-state index is 13.7. The van der Waals surface area contributed by atoms with Crippen molar-refractivity contribution in [3.8, 4) is 5.75 Å². The maximum Gasteiger partial charge on any atom is 0.165 e. The lowest BCUT2D eigenvalue weighted by Crippen LogP contribution is -2.08. The molecule has 0 fully saturated rings. The molecule has 1 unspecified atom stereocenters. The standard InChI is InChI=1S/C15H17FN2O2/c1-4-13-11(7-9(2)17-18-13)15(19)10-5-6-14(20-3)12(16)8-10/h5-8,15,19H,4H2,1-3H3. The third kappa shape index (κ3) is 2.77. The van der Waals surface area contributed by atoms with Crippen LogP contribution in [0.4, 0.5) is 4.39 Å². The van der Waals surface area contributed by atoms with Crippen LogP contribution in [-0.4, -0.2) is 22.4 Å². The van der Waals surface area contributed by atoms with E-state index in [9.17, 15) is 9.50 Å². The van der Waals surface area contributed by atoms with Crippen molar-refractivity contribution in [2.24, 2.45) is 0 Å². The topological polar surface area (TPSA) is 55.2 Å². The van der Waals surface area contributed by atoms with E-state index < -0.39 is 11.9 Å². The van der Waals surface area contributed by atoms with E-state index in [1.807, 2.05) is 6.92 Å². The molecule has 0 radical (unpaired) electrons. The highest BCUT2D eigenvalue weighted by atomic mass is 19.1. The molecular weight excluding hydrogens is 259 g/mol. The van der Waals surface area contributed by atoms with Crippen molar-refractivity contribution >= 4 is 0 Å². The summed E-state index contributed by atoms with van der Waals surface area (Å²) in [5, 5.41) is 18.5. The highest BCUT2D eigenvalue weighted by molar-refractivity contribution is 5.36. The van der Waals surface area contributed by atoms with Crippen molar-refractivity contribution in [3.63, 3.8) is 0 Å². The number of aliphatic hydroxyl groups excluding tert-OH is 1. The molecule has 0 bridgehead atoms. The van der Waals surface area contributed by atoms with E-state index in [4.69, 9.17) is 4.74 Å². The predicted octanol–water partition coefficient (Wildman–Crippen LogP) is 2.58. The van der Waals surface area contributed by atoms with Crippen molar-refractivity contribution in [3.05, 3.63) is 52.6 Å². The third-order valence-electron chi connectivity index (χ3n) is 3.15. The third-order valence-corrected chi connectivity index (χ3v) is 3.15. The number of benzene rings is 1. The van der Waals surface area contributed by atoms with Gasteiger partial charge in [-0.2, -0.15) is 10.2 Å². The second-order valence-electron chi connectivity index (χ2n) is 4.54. The van der Waals surface area contributed by atoms with E-state index in [0.29, 0.717) is 28.9 Å². The molecule has 2 aromatic rings. The highest BCUT2D eigenvalue weighted by Crippen LogP contribution is 2.28. The molecule has 4 nitrogen and oxygen atoms in total. The fourth-order valence-corrected chi connectivity index (χ4v) is 2.08. The van der Waals surface area contributed by atoms with Crippen LogP contribution in [0.25, 0.3) is 0 Å². The zero-order valence-electron chi connectivity index (χ0n) is 11.7. The first-order valence-corrected chi connectivity index (χ1v) is 6.41. The lowest BCUT2D eigenvalue weighted by atomic mass is 9.99. The fraction of sp³-hybridized carbons (Fsp3) is 0.333. The SMILES string of the molecule is CCc1nnc(C)cc1C(O)c1ccc(OC)c(F)c1. The van der Waals surface area contributed by atoms with Crippen molar-refractivity contribution < 1.29 is 14.2 Å². The Balaban J connectivity index is 2.43. The highest BCUT2D eigenvalue weighted by Gasteiger charge is 2.17. The molecule has 0 aliphatic carbocycles. The van der Waals surface area contributed by atoms with E-state index in [1.54, 1.807) is 19.1 Å². The monoisotopic (exact) mass is 276 g/mol. The average Bonchev–Trinajstić information content (AvgIpc) is 2.46. The van der Waals surface area contributed by atoms with E-state index in [-0.39, 0.29) is 5.75 Å². The van der Waals surface area contributed by atoms with Crippen molar-refractivity contribution in [2.45, 2.75) is 26.4 Å². The Morgan fingerprint density at radius 2 is 2.05 bits per heavy atom. The molecule has 1 atom stereocenters. The number of methoxy groups -OCH3 is 1. The predicted molar refractivity (Wildman–Crippen MR) is 73.2 cm³/mol. The Kier molecular flexibility index (Phi) is 4.29. The largest absolute Gasteiger partial charge is 0.494 e. The Morgan fingerprint density at radius 1 is 1.30 bits per heavy atom. The summed E-state index contributed by atoms with van der Waals surface area (Å²) in [4.78, 5) is 0. The normalized spacial score (nSPS) is 12.2. The zero-order chi connectivity index (χ0) is 14.7. The molecule has 0 amide bonds. The van der Waals surface area contributed by atoms with Gasteiger partial charge in [0.1, 0.15) is 6.10 Å². The van der Waals surface area contributed by atoms with E-state index in [0.717, 1.165) is 0 Å². The quantitative estimate of drug-likeness (QED) is 0.932. The van der Waals surface area contributed by atoms with Crippen molar-refractivity contribution in [1.82, 2.24) is 10.2 Å². The van der Waals surface area contributed by atoms with Gasteiger partial charge in [0, 0.05) is 5.56 Å². The first-order chi connectivity index (χ1) is 9.56. The van der Waals surface area contributed by atoms with Gasteiger partial charge < -0.3 is 9.84 Å². The van der Waals surface area contributed by atoms with Crippen molar-refractivity contribution in [1.29, 1.82) is 0 Å². The molecule has 1 N–H and O–H groups in total. The first-order valence-electron chi connectivity index (χ1n) is 6.41. The second kappa shape index (κ2) is 5.96. The fourth-order valence-electron chi connectivity index (χ4n) is 2.08. The number of hydrogen-bond donors (Lipinski definition) is 1. The maximum atomic E-state index is 13.7. The van der Waals surface area contributed by atoms with Gasteiger partial charge in [0.15, 0.2) is 11.6 Å². The molecule has 0 aliphatic heterocycles. The summed E-state index contributed by atoms with van der Waals surface area (Å²) in [7, 11) is 1.40. The Morgan fingerprint density at radius 3 is 2.65 bits per heavy atom. The number of aromatic nitrogens is 2. The first kappa shape index (κ1) is 14.4. The van der Waals surface area contributed by atoms with Crippen LogP contribution in [0.15, 0.2) is 24.3 Å². The summed E-state index contributed by atoms with van der Waals surface area (Å²) < 4.78 is 18.6. The molecule has 1 aromatic heterocycles. The number of hydrogen-bond acceptors (Lipinski definition) is 4. The van der Waals surface area contributed by atoms with Gasteiger partial charge in [-0.1, -0.05) is 13.0 Å². The van der Waals surface area contributed by atoms with Gasteiger partial charge in [-0.3, -0.25) is 0 Å². The molecule has 5 heteroatoms. The van der Waals surface area contributed by atoms with Crippen LogP contribution in [0.1, 0.15) is 35.5 Å². The van der Waals surface area contributed by atoms with Gasteiger partial charge in [0.2, 0.25) is 0 Å². The minimum atomic E-state index is -0.931. The number of ether oxygens (including phenoxy) is 1. The molecule has 20 heavy (non-hydrogen) atoms. The number of aliphatic hydroxyl groups is 1. The average molecular weight is 276 g/mol. The molecular formula is C15H17FN2O2. The molecule has 0 aliphatic rings. The van der Waals surface area contributed by atoms with Gasteiger partial charge in [0.05, 0.1) is 18.5 Å². The van der Waals surface area contributed by atoms with Crippen LogP contribution in [0.5, 0.6) is 5.75 Å². The van der Waals surface area contributed by atoms with Crippen LogP contribution in [-0.2, 0) is 6.42 Å². The van der Waals surface area contributed by atoms with Gasteiger partial charge >= 0.3 is 0 Å². The lowest BCUT2D eigenvalue weighted by Gasteiger charge is -2.15. The van der Waals surface area contributed by atoms with Crippen LogP contribution in [0.2, 0.25) is 0 Å². The summed E-state index contributed by atoms with van der Waals surface area (Å²) in [6, 6.07) is 6.19. The minimum absolute atomic E-state index is 0.153. The summed E-state index contributed by atoms with van der Waals surface area (Å²) in [6.07, 6.45) is -0.280. The van der Waals surface area contributed by atoms with E-state index >= 15 is 0 Å².